The second kappa shape index (κ2) is 4.07. The van der Waals surface area contributed by atoms with Crippen LogP contribution in [0, 0.1) is 12.7 Å². The second-order valence-corrected chi connectivity index (χ2v) is 5.11. The van der Waals surface area contributed by atoms with E-state index in [1.807, 2.05) is 13.0 Å². The van der Waals surface area contributed by atoms with Crippen LogP contribution in [-0.4, -0.2) is 10.1 Å². The summed E-state index contributed by atoms with van der Waals surface area (Å²) in [6, 6.07) is 9.89. The van der Waals surface area contributed by atoms with Crippen LogP contribution >= 0.6 is 11.3 Å². The molecule has 1 N–H and O–H groups in total. The number of hydrogen-bond acceptors (Lipinski definition) is 3. The van der Waals surface area contributed by atoms with Crippen molar-refractivity contribution in [1.29, 1.82) is 0 Å². The van der Waals surface area contributed by atoms with Gasteiger partial charge in [0.25, 0.3) is 0 Å². The molecule has 0 aliphatic rings. The van der Waals surface area contributed by atoms with Gasteiger partial charge >= 0.3 is 0 Å². The van der Waals surface area contributed by atoms with Gasteiger partial charge in [-0.2, -0.15) is 0 Å². The molecular weight excluding hydrogens is 249 g/mol. The van der Waals surface area contributed by atoms with Gasteiger partial charge in [0.2, 0.25) is 0 Å². The highest BCUT2D eigenvalue weighted by molar-refractivity contribution is 7.21. The molecule has 1 heterocycles. The van der Waals surface area contributed by atoms with Crippen molar-refractivity contribution in [2.75, 3.05) is 0 Å². The van der Waals surface area contributed by atoms with Crippen LogP contribution in [0.5, 0.6) is 5.75 Å². The van der Waals surface area contributed by atoms with Gasteiger partial charge in [0, 0.05) is 11.1 Å². The first kappa shape index (κ1) is 11.2. The molecule has 2 nitrogen and oxygen atoms in total. The molecule has 0 radical (unpaired) electrons. The van der Waals surface area contributed by atoms with Crippen LogP contribution in [0.15, 0.2) is 36.4 Å². The highest BCUT2D eigenvalue weighted by Gasteiger charge is 2.10. The lowest BCUT2D eigenvalue weighted by Crippen LogP contribution is -1.82. The van der Waals surface area contributed by atoms with Crippen LogP contribution in [0.2, 0.25) is 0 Å². The topological polar surface area (TPSA) is 33.1 Å². The largest absolute Gasteiger partial charge is 0.508 e. The zero-order valence-corrected chi connectivity index (χ0v) is 10.5. The molecule has 0 atom stereocenters. The number of fused-ring (bicyclic) bond motifs is 1. The van der Waals surface area contributed by atoms with Crippen molar-refractivity contribution in [3.8, 4) is 16.3 Å². The summed E-state index contributed by atoms with van der Waals surface area (Å²) in [7, 11) is 0. The minimum atomic E-state index is -0.259. The lowest BCUT2D eigenvalue weighted by atomic mass is 10.1. The molecule has 0 aliphatic carbocycles. The van der Waals surface area contributed by atoms with E-state index in [2.05, 4.69) is 4.98 Å². The fraction of sp³-hybridized carbons (Fsp3) is 0.0714. The number of halogens is 1. The monoisotopic (exact) mass is 259 g/mol. The number of aromatic nitrogens is 1. The normalized spacial score (nSPS) is 11.0. The molecule has 0 saturated heterocycles. The Bertz CT molecular complexity index is 736. The van der Waals surface area contributed by atoms with Gasteiger partial charge in [-0.15, -0.1) is 11.3 Å². The minimum Gasteiger partial charge on any atom is -0.508 e. The molecule has 0 spiro atoms. The predicted octanol–water partition coefficient (Wildman–Crippen LogP) is 4.12. The van der Waals surface area contributed by atoms with E-state index in [-0.39, 0.29) is 11.6 Å². The van der Waals surface area contributed by atoms with Crippen molar-refractivity contribution in [3.63, 3.8) is 0 Å². The Morgan fingerprint density at radius 3 is 2.89 bits per heavy atom. The first-order valence-electron chi connectivity index (χ1n) is 5.50. The Hall–Kier alpha value is -1.94. The molecule has 0 fully saturated rings. The van der Waals surface area contributed by atoms with E-state index in [0.717, 1.165) is 26.4 Å². The molecular formula is C14H10FNOS. The van der Waals surface area contributed by atoms with E-state index in [4.69, 9.17) is 0 Å². The highest BCUT2D eigenvalue weighted by atomic mass is 32.1. The van der Waals surface area contributed by atoms with Crippen LogP contribution < -0.4 is 0 Å². The number of nitrogens with zero attached hydrogens (tertiary/aromatic N) is 1. The first-order chi connectivity index (χ1) is 8.65. The average Bonchev–Trinajstić information content (AvgIpc) is 2.75. The smallest absolute Gasteiger partial charge is 0.125 e. The summed E-state index contributed by atoms with van der Waals surface area (Å²) in [5, 5.41) is 10.5. The third-order valence-electron chi connectivity index (χ3n) is 2.89. The Balaban J connectivity index is 2.22. The molecule has 90 valence electrons. The second-order valence-electron chi connectivity index (χ2n) is 4.08. The maximum absolute atomic E-state index is 13.1. The van der Waals surface area contributed by atoms with Crippen molar-refractivity contribution in [3.05, 3.63) is 47.8 Å². The summed E-state index contributed by atoms with van der Waals surface area (Å²) in [6.07, 6.45) is 0. The van der Waals surface area contributed by atoms with Gasteiger partial charge in [-0.3, -0.25) is 0 Å². The maximum Gasteiger partial charge on any atom is 0.125 e. The third-order valence-corrected chi connectivity index (χ3v) is 3.94. The van der Waals surface area contributed by atoms with E-state index < -0.39 is 0 Å². The number of benzene rings is 2. The van der Waals surface area contributed by atoms with Gasteiger partial charge in [-0.1, -0.05) is 12.1 Å². The van der Waals surface area contributed by atoms with Gasteiger partial charge in [-0.05, 0) is 31.2 Å². The maximum atomic E-state index is 13.1. The zero-order valence-electron chi connectivity index (χ0n) is 9.64. The summed E-state index contributed by atoms with van der Waals surface area (Å²) in [4.78, 5) is 4.47. The quantitative estimate of drug-likeness (QED) is 0.713. The summed E-state index contributed by atoms with van der Waals surface area (Å²) in [5.74, 6) is -0.0109. The third kappa shape index (κ3) is 1.75. The zero-order chi connectivity index (χ0) is 12.7. The number of phenolic OH excluding ortho intramolecular Hbond substituents is 1. The van der Waals surface area contributed by atoms with Crippen molar-refractivity contribution in [1.82, 2.24) is 4.98 Å². The average molecular weight is 259 g/mol. The summed E-state index contributed by atoms with van der Waals surface area (Å²) >= 11 is 1.43. The fourth-order valence-corrected chi connectivity index (χ4v) is 2.94. The van der Waals surface area contributed by atoms with Gasteiger partial charge in [0.05, 0.1) is 10.2 Å². The lowest BCUT2D eigenvalue weighted by Gasteiger charge is -2.03. The molecule has 0 saturated carbocycles. The van der Waals surface area contributed by atoms with E-state index >= 15 is 0 Å². The van der Waals surface area contributed by atoms with Gasteiger partial charge in [0.15, 0.2) is 0 Å². The van der Waals surface area contributed by atoms with Crippen molar-refractivity contribution < 1.29 is 9.50 Å². The van der Waals surface area contributed by atoms with Crippen LogP contribution in [0.4, 0.5) is 4.39 Å². The highest BCUT2D eigenvalue weighted by Crippen LogP contribution is 2.34. The molecule has 4 heteroatoms. The number of phenols is 1. The molecule has 2 aromatic carbocycles. The summed E-state index contributed by atoms with van der Waals surface area (Å²) < 4.78 is 13.9. The van der Waals surface area contributed by atoms with Crippen LogP contribution in [-0.2, 0) is 0 Å². The predicted molar refractivity (Wildman–Crippen MR) is 71.4 cm³/mol. The Kier molecular flexibility index (Phi) is 2.52. The van der Waals surface area contributed by atoms with Gasteiger partial charge in [0.1, 0.15) is 16.6 Å². The van der Waals surface area contributed by atoms with Gasteiger partial charge in [-0.25, -0.2) is 9.37 Å². The number of thiazole rings is 1. The van der Waals surface area contributed by atoms with E-state index in [0.29, 0.717) is 0 Å². The molecule has 0 unspecified atom stereocenters. The first-order valence-corrected chi connectivity index (χ1v) is 6.32. The summed E-state index contributed by atoms with van der Waals surface area (Å²) in [5.41, 5.74) is 2.45. The number of rotatable bonds is 1. The van der Waals surface area contributed by atoms with Crippen molar-refractivity contribution >= 4 is 21.6 Å². The van der Waals surface area contributed by atoms with Crippen LogP contribution in [0.3, 0.4) is 0 Å². The Morgan fingerprint density at radius 2 is 2.06 bits per heavy atom. The molecule has 0 bridgehead atoms. The summed E-state index contributed by atoms with van der Waals surface area (Å²) in [6.45, 7) is 1.84. The number of hydrogen-bond donors (Lipinski definition) is 1. The van der Waals surface area contributed by atoms with Crippen LogP contribution in [0.25, 0.3) is 20.8 Å². The molecule has 0 aliphatic heterocycles. The van der Waals surface area contributed by atoms with E-state index in [1.54, 1.807) is 18.2 Å². The molecule has 3 rings (SSSR count). The van der Waals surface area contributed by atoms with Crippen molar-refractivity contribution in [2.24, 2.45) is 0 Å². The fourth-order valence-electron chi connectivity index (χ4n) is 1.87. The lowest BCUT2D eigenvalue weighted by molar-refractivity contribution is 0.471. The van der Waals surface area contributed by atoms with Gasteiger partial charge < -0.3 is 5.11 Å². The number of aromatic hydroxyl groups is 1. The van der Waals surface area contributed by atoms with Crippen LogP contribution in [0.1, 0.15) is 5.56 Å². The minimum absolute atomic E-state index is 0.248. The van der Waals surface area contributed by atoms with E-state index in [1.165, 1.54) is 23.5 Å². The Morgan fingerprint density at radius 1 is 1.22 bits per heavy atom. The molecule has 1 aromatic heterocycles. The SMILES string of the molecule is Cc1c(O)cccc1-c1nc2ccc(F)cc2s1. The Labute approximate surface area is 107 Å². The molecule has 3 aromatic rings. The standard InChI is InChI=1S/C14H10FNOS/c1-8-10(3-2-4-12(8)17)14-16-11-6-5-9(15)7-13(11)18-14/h2-7,17H,1H3. The van der Waals surface area contributed by atoms with Crippen molar-refractivity contribution in [2.45, 2.75) is 6.92 Å². The molecule has 18 heavy (non-hydrogen) atoms. The van der Waals surface area contributed by atoms with E-state index in [9.17, 15) is 9.50 Å². The molecule has 0 amide bonds.